The summed E-state index contributed by atoms with van der Waals surface area (Å²) < 4.78 is 31.9. The van der Waals surface area contributed by atoms with Crippen molar-refractivity contribution in [3.63, 3.8) is 0 Å². The van der Waals surface area contributed by atoms with E-state index in [-0.39, 0.29) is 24.0 Å². The summed E-state index contributed by atoms with van der Waals surface area (Å²) in [5.74, 6) is -0.509. The van der Waals surface area contributed by atoms with Gasteiger partial charge in [-0.1, -0.05) is 30.3 Å². The van der Waals surface area contributed by atoms with Crippen molar-refractivity contribution >= 4 is 11.9 Å². The van der Waals surface area contributed by atoms with Crippen LogP contribution in [0.25, 0.3) is 11.1 Å². The summed E-state index contributed by atoms with van der Waals surface area (Å²) in [6.07, 6.45) is 2.49. The number of nitrogens with two attached hydrogens (primary N) is 1. The Morgan fingerprint density at radius 3 is 2.58 bits per heavy atom. The molecule has 0 spiro atoms. The number of carbonyl (C=O) groups is 1. The predicted octanol–water partition coefficient (Wildman–Crippen LogP) is 2.66. The molecule has 1 aliphatic heterocycles. The molecule has 0 bridgehead atoms. The Morgan fingerprint density at radius 2 is 1.94 bits per heavy atom. The number of nitrogens with zero attached hydrogens (tertiary/aromatic N) is 4. The van der Waals surface area contributed by atoms with Crippen LogP contribution in [-0.2, 0) is 10.3 Å². The number of aromatic nitrogens is 2. The van der Waals surface area contributed by atoms with Crippen molar-refractivity contribution in [3.05, 3.63) is 78.1 Å². The van der Waals surface area contributed by atoms with Crippen LogP contribution in [0.3, 0.4) is 0 Å². The maximum Gasteiger partial charge on any atom is 0.266 e. The molecular weight excluding hydrogens is 404 g/mol. The van der Waals surface area contributed by atoms with Crippen molar-refractivity contribution in [2.24, 2.45) is 10.7 Å². The van der Waals surface area contributed by atoms with E-state index in [4.69, 9.17) is 10.5 Å². The Morgan fingerprint density at radius 1 is 1.16 bits per heavy atom. The van der Waals surface area contributed by atoms with Crippen LogP contribution < -0.4 is 10.5 Å². The first-order valence-corrected chi connectivity index (χ1v) is 9.46. The summed E-state index contributed by atoms with van der Waals surface area (Å²) in [5.41, 5.74) is 6.28. The smallest absolute Gasteiger partial charge is 0.266 e. The zero-order chi connectivity index (χ0) is 22.0. The minimum absolute atomic E-state index is 0.0578. The first-order valence-electron chi connectivity index (χ1n) is 9.46. The summed E-state index contributed by atoms with van der Waals surface area (Å²) in [7, 11) is 1.54. The molecule has 0 unspecified atom stereocenters. The Labute approximate surface area is 177 Å². The SMILES string of the molecule is CN1C(=O)[C@](c2ccc(OCCF)cc2)(c2cccc(-c3cncnc3F)c2)N=C1N. The maximum absolute atomic E-state index is 14.2. The molecule has 0 aliphatic carbocycles. The lowest BCUT2D eigenvalue weighted by Gasteiger charge is -2.26. The van der Waals surface area contributed by atoms with E-state index >= 15 is 0 Å². The van der Waals surface area contributed by atoms with Gasteiger partial charge in [-0.3, -0.25) is 9.69 Å². The molecule has 0 saturated heterocycles. The Balaban J connectivity index is 1.85. The highest BCUT2D eigenvalue weighted by atomic mass is 19.1. The molecule has 1 amide bonds. The average Bonchev–Trinajstić information content (AvgIpc) is 3.03. The fraction of sp³-hybridized carbons (Fsp3) is 0.182. The highest BCUT2D eigenvalue weighted by molar-refractivity contribution is 6.09. The molecule has 2 aromatic carbocycles. The lowest BCUT2D eigenvalue weighted by atomic mass is 9.82. The Bertz CT molecular complexity index is 1150. The van der Waals surface area contributed by atoms with Crippen LogP contribution >= 0.6 is 0 Å². The largest absolute Gasteiger partial charge is 0.491 e. The molecule has 1 atom stereocenters. The predicted molar refractivity (Wildman–Crippen MR) is 111 cm³/mol. The van der Waals surface area contributed by atoms with E-state index in [1.807, 2.05) is 0 Å². The van der Waals surface area contributed by atoms with E-state index in [0.29, 0.717) is 22.4 Å². The Hall–Kier alpha value is -3.88. The van der Waals surface area contributed by atoms with E-state index in [2.05, 4.69) is 15.0 Å². The number of carbonyl (C=O) groups excluding carboxylic acids is 1. The molecule has 0 saturated carbocycles. The van der Waals surface area contributed by atoms with Gasteiger partial charge in [0.15, 0.2) is 11.5 Å². The van der Waals surface area contributed by atoms with Crippen LogP contribution in [0.1, 0.15) is 11.1 Å². The number of guanidine groups is 1. The number of halogens is 2. The standard InChI is InChI=1S/C22H19F2N5O2/c1-29-20(30)22(28-21(29)25,15-5-7-17(8-6-15)31-10-9-23)16-4-2-3-14(11-16)18-12-26-13-27-19(18)24/h2-8,11-13H,9-10H2,1H3,(H2,25,28)/t22-/m0/s1. The minimum Gasteiger partial charge on any atom is -0.491 e. The Kier molecular flexibility index (Phi) is 5.33. The number of benzene rings is 2. The fourth-order valence-electron chi connectivity index (χ4n) is 3.55. The highest BCUT2D eigenvalue weighted by Gasteiger charge is 2.49. The number of hydrogen-bond donors (Lipinski definition) is 1. The molecule has 0 radical (unpaired) electrons. The van der Waals surface area contributed by atoms with Gasteiger partial charge in [0, 0.05) is 13.2 Å². The summed E-state index contributed by atoms with van der Waals surface area (Å²) in [6.45, 7) is -0.674. The molecule has 31 heavy (non-hydrogen) atoms. The molecule has 0 fully saturated rings. The van der Waals surface area contributed by atoms with E-state index < -0.39 is 18.2 Å². The van der Waals surface area contributed by atoms with Crippen molar-refractivity contribution in [2.45, 2.75) is 5.54 Å². The van der Waals surface area contributed by atoms with Crippen LogP contribution in [0, 0.1) is 5.95 Å². The van der Waals surface area contributed by atoms with Gasteiger partial charge in [0.05, 0.1) is 5.56 Å². The third-order valence-electron chi connectivity index (χ3n) is 5.11. The van der Waals surface area contributed by atoms with Gasteiger partial charge < -0.3 is 10.5 Å². The zero-order valence-electron chi connectivity index (χ0n) is 16.6. The van der Waals surface area contributed by atoms with Crippen molar-refractivity contribution < 1.29 is 18.3 Å². The van der Waals surface area contributed by atoms with E-state index in [9.17, 15) is 13.6 Å². The van der Waals surface area contributed by atoms with Gasteiger partial charge >= 0.3 is 0 Å². The molecule has 1 aliphatic rings. The van der Waals surface area contributed by atoms with Crippen molar-refractivity contribution in [2.75, 3.05) is 20.3 Å². The van der Waals surface area contributed by atoms with Gasteiger partial charge in [0.25, 0.3) is 5.91 Å². The molecule has 2 heterocycles. The molecular formula is C22H19F2N5O2. The molecule has 7 nitrogen and oxygen atoms in total. The first kappa shape index (κ1) is 20.4. The van der Waals surface area contributed by atoms with Crippen LogP contribution in [0.15, 0.2) is 66.0 Å². The fourth-order valence-corrected chi connectivity index (χ4v) is 3.55. The number of ether oxygens (including phenoxy) is 1. The highest BCUT2D eigenvalue weighted by Crippen LogP contribution is 2.41. The molecule has 158 valence electrons. The van der Waals surface area contributed by atoms with Gasteiger partial charge in [-0.05, 0) is 34.9 Å². The second kappa shape index (κ2) is 8.10. The van der Waals surface area contributed by atoms with E-state index in [1.165, 1.54) is 18.1 Å². The van der Waals surface area contributed by atoms with Gasteiger partial charge in [0.2, 0.25) is 5.95 Å². The van der Waals surface area contributed by atoms with Crippen molar-refractivity contribution in [1.82, 2.24) is 14.9 Å². The maximum atomic E-state index is 14.2. The minimum atomic E-state index is -1.46. The number of alkyl halides is 1. The third-order valence-corrected chi connectivity index (χ3v) is 5.11. The normalized spacial score (nSPS) is 18.2. The molecule has 2 N–H and O–H groups in total. The molecule has 3 aromatic rings. The van der Waals surface area contributed by atoms with Crippen LogP contribution in [-0.4, -0.2) is 47.1 Å². The number of hydrogen-bond acceptors (Lipinski definition) is 6. The summed E-state index contributed by atoms with van der Waals surface area (Å²) in [6, 6.07) is 13.4. The van der Waals surface area contributed by atoms with Gasteiger partial charge in [-0.2, -0.15) is 4.39 Å². The summed E-state index contributed by atoms with van der Waals surface area (Å²) in [4.78, 5) is 26.6. The second-order valence-corrected chi connectivity index (χ2v) is 6.91. The second-order valence-electron chi connectivity index (χ2n) is 6.91. The van der Waals surface area contributed by atoms with Crippen LogP contribution in [0.4, 0.5) is 8.78 Å². The van der Waals surface area contributed by atoms with Crippen molar-refractivity contribution in [3.8, 4) is 16.9 Å². The quantitative estimate of drug-likeness (QED) is 0.616. The first-order chi connectivity index (χ1) is 15.0. The third kappa shape index (κ3) is 3.48. The van der Waals surface area contributed by atoms with Gasteiger partial charge in [-0.15, -0.1) is 0 Å². The van der Waals surface area contributed by atoms with Crippen molar-refractivity contribution in [1.29, 1.82) is 0 Å². The topological polar surface area (TPSA) is 93.7 Å². The molecule has 4 rings (SSSR count). The lowest BCUT2D eigenvalue weighted by Crippen LogP contribution is -2.41. The number of likely N-dealkylation sites (N-methyl/N-ethyl adjacent to an activating group) is 1. The number of rotatable bonds is 6. The molecule has 9 heteroatoms. The van der Waals surface area contributed by atoms with E-state index in [0.717, 1.165) is 6.33 Å². The number of amides is 1. The monoisotopic (exact) mass is 423 g/mol. The molecule has 1 aromatic heterocycles. The average molecular weight is 423 g/mol. The lowest BCUT2D eigenvalue weighted by molar-refractivity contribution is -0.129. The van der Waals surface area contributed by atoms with Crippen LogP contribution in [0.5, 0.6) is 5.75 Å². The summed E-state index contributed by atoms with van der Waals surface area (Å²) in [5, 5.41) is 0. The van der Waals surface area contributed by atoms with Gasteiger partial charge in [-0.25, -0.2) is 19.4 Å². The number of aliphatic imine (C=N–C) groups is 1. The zero-order valence-corrected chi connectivity index (χ0v) is 16.6. The van der Waals surface area contributed by atoms with E-state index in [1.54, 1.807) is 48.5 Å². The summed E-state index contributed by atoms with van der Waals surface area (Å²) >= 11 is 0. The van der Waals surface area contributed by atoms with Gasteiger partial charge in [0.1, 0.15) is 25.4 Å². The van der Waals surface area contributed by atoms with Crippen LogP contribution in [0.2, 0.25) is 0 Å².